The molecule has 6 rings (SSSR count). The average Bonchev–Trinajstić information content (AvgIpc) is 3.75. The van der Waals surface area contributed by atoms with Gasteiger partial charge >= 0.3 is 0 Å². The molecule has 0 amide bonds. The number of aromatic nitrogens is 1. The molecule has 2 heterocycles. The Bertz CT molecular complexity index is 1970. The summed E-state index contributed by atoms with van der Waals surface area (Å²) in [4.78, 5) is 11.7. The van der Waals surface area contributed by atoms with Crippen LogP contribution in [-0.4, -0.2) is 10.9 Å². The van der Waals surface area contributed by atoms with E-state index in [2.05, 4.69) is 95.5 Å². The van der Waals surface area contributed by atoms with Gasteiger partial charge in [-0.05, 0) is 78.3 Å². The first kappa shape index (κ1) is 39.7. The van der Waals surface area contributed by atoms with Crippen LogP contribution in [0.15, 0.2) is 72.6 Å². The number of carbonyl (C=O) groups excluding carboxylic acids is 1. The molecule has 1 aliphatic rings. The number of pyridine rings is 1. The molecule has 0 aliphatic heterocycles. The second-order valence-corrected chi connectivity index (χ2v) is 16.0. The van der Waals surface area contributed by atoms with Crippen LogP contribution in [0.1, 0.15) is 122 Å². The molecule has 2 aromatic heterocycles. The van der Waals surface area contributed by atoms with E-state index in [-0.39, 0.29) is 48.9 Å². The molecule has 1 aliphatic carbocycles. The Morgan fingerprint density at radius 1 is 0.900 bits per heavy atom. The zero-order valence-corrected chi connectivity index (χ0v) is 34.4. The molecule has 3 aromatic carbocycles. The van der Waals surface area contributed by atoms with Gasteiger partial charge in [0.15, 0.2) is 5.78 Å². The molecule has 0 bridgehead atoms. The molecule has 0 atom stereocenters. The van der Waals surface area contributed by atoms with E-state index in [1.54, 1.807) is 0 Å². The number of aliphatic hydroxyl groups is 1. The van der Waals surface area contributed by atoms with Gasteiger partial charge in [-0.1, -0.05) is 103 Å². The molecule has 1 radical (unpaired) electrons. The molecular formula is C45H56IrNO2S-. The Kier molecular flexibility index (Phi) is 13.4. The van der Waals surface area contributed by atoms with Gasteiger partial charge in [-0.3, -0.25) is 4.79 Å². The molecular weight excluding hydrogens is 811 g/mol. The minimum absolute atomic E-state index is 0. The number of fused-ring (bicyclic) bond motifs is 4. The largest absolute Gasteiger partial charge is 0.512 e. The molecule has 5 heteroatoms. The van der Waals surface area contributed by atoms with E-state index in [1.807, 2.05) is 43.6 Å². The fraction of sp³-hybridized carbons (Fsp3) is 0.422. The van der Waals surface area contributed by atoms with Crippen molar-refractivity contribution in [3.63, 3.8) is 0 Å². The van der Waals surface area contributed by atoms with E-state index >= 15 is 0 Å². The number of carbonyl (C=O) groups is 1. The molecule has 1 N–H and O–H groups in total. The molecule has 0 unspecified atom stereocenters. The van der Waals surface area contributed by atoms with E-state index in [0.29, 0.717) is 0 Å². The third-order valence-corrected chi connectivity index (χ3v) is 12.0. The minimum atomic E-state index is 0. The number of hydrogen-bond donors (Lipinski definition) is 1. The summed E-state index contributed by atoms with van der Waals surface area (Å²) in [6.07, 6.45) is 12.4. The van der Waals surface area contributed by atoms with Gasteiger partial charge in [-0.25, -0.2) is 0 Å². The Labute approximate surface area is 318 Å². The van der Waals surface area contributed by atoms with E-state index < -0.39 is 0 Å². The number of hydrogen-bond acceptors (Lipinski definition) is 3. The molecule has 1 fully saturated rings. The van der Waals surface area contributed by atoms with Crippen LogP contribution in [0.3, 0.4) is 0 Å². The third-order valence-electron chi connectivity index (χ3n) is 10.8. The topological polar surface area (TPSA) is 41.2 Å². The van der Waals surface area contributed by atoms with Gasteiger partial charge < -0.3 is 9.67 Å². The van der Waals surface area contributed by atoms with E-state index in [9.17, 15) is 9.90 Å². The maximum atomic E-state index is 11.7. The molecule has 5 aromatic rings. The number of benzene rings is 3. The maximum Gasteiger partial charge on any atom is 0.162 e. The van der Waals surface area contributed by atoms with Gasteiger partial charge in [0, 0.05) is 54.5 Å². The smallest absolute Gasteiger partial charge is 0.162 e. The summed E-state index contributed by atoms with van der Waals surface area (Å²) >= 11 is 1.91. The van der Waals surface area contributed by atoms with Crippen LogP contribution in [0.5, 0.6) is 0 Å². The Morgan fingerprint density at radius 3 is 2.12 bits per heavy atom. The Hall–Kier alpha value is -3.11. The number of rotatable bonds is 9. The summed E-state index contributed by atoms with van der Waals surface area (Å²) in [5, 5.41) is 15.0. The van der Waals surface area contributed by atoms with Crippen molar-refractivity contribution in [1.29, 1.82) is 0 Å². The van der Waals surface area contributed by atoms with Crippen LogP contribution in [0.2, 0.25) is 0 Å². The van der Waals surface area contributed by atoms with E-state index in [1.165, 1.54) is 85.1 Å². The quantitative estimate of drug-likeness (QED) is 0.0694. The monoisotopic (exact) mass is 867 g/mol. The van der Waals surface area contributed by atoms with E-state index in [4.69, 9.17) is 0 Å². The first-order chi connectivity index (χ1) is 23.4. The fourth-order valence-corrected chi connectivity index (χ4v) is 9.00. The predicted molar refractivity (Wildman–Crippen MR) is 211 cm³/mol. The zero-order chi connectivity index (χ0) is 35.5. The summed E-state index contributed by atoms with van der Waals surface area (Å²) in [5.74, 6) is 1.28. The van der Waals surface area contributed by atoms with Crippen LogP contribution in [0, 0.1) is 25.8 Å². The standard InChI is InChI=1S/C32H32NS.C13H24O2.Ir/c1-20-23-12-8-9-13-24(23)28(32(2,3)4)19-27(20)30-31-26(16-17-33(30)5)25-15-14-22(18-29(25)34-31)21-10-6-7-11-21;1-5-10(6-2)12(14)9-13(15)11(7-3)8-4;/h8-9,12-19,21H,1,5-7,10-11H2,2-4H3;9-11,14H,5-8H2,1-4H3;/q-1;;/b;12-9-;. The number of thiophene rings is 1. The van der Waals surface area contributed by atoms with Crippen molar-refractivity contribution in [3.8, 4) is 11.3 Å². The Balaban J connectivity index is 0.000000301. The van der Waals surface area contributed by atoms with Crippen LogP contribution in [0.4, 0.5) is 0 Å². The SMILES string of the molecule is CCC(CC)C(=O)/C=C(\O)C(CC)CC.[CH2-]c1c(-c2c3sc4cc(C5CCCC5)ccc4c3cc[n+]2[CH2-])cc(C(C)(C)C)c2ccccc12.[Ir]. The fourth-order valence-electron chi connectivity index (χ4n) is 7.68. The predicted octanol–water partition coefficient (Wildman–Crippen LogP) is 12.8. The molecule has 269 valence electrons. The zero-order valence-electron chi connectivity index (χ0n) is 31.2. The van der Waals surface area contributed by atoms with Gasteiger partial charge in [0.05, 0.1) is 17.6 Å². The second-order valence-electron chi connectivity index (χ2n) is 15.0. The van der Waals surface area contributed by atoms with Crippen molar-refractivity contribution >= 4 is 48.1 Å². The number of ketones is 1. The minimum Gasteiger partial charge on any atom is -0.512 e. The molecule has 1 saturated carbocycles. The van der Waals surface area contributed by atoms with Gasteiger partial charge in [-0.15, -0.1) is 34.4 Å². The first-order valence-electron chi connectivity index (χ1n) is 18.5. The van der Waals surface area contributed by atoms with Crippen molar-refractivity contribution in [1.82, 2.24) is 0 Å². The Morgan fingerprint density at radius 2 is 1.52 bits per heavy atom. The van der Waals surface area contributed by atoms with Gasteiger partial charge in [-0.2, -0.15) is 12.5 Å². The number of allylic oxidation sites excluding steroid dienone is 2. The maximum absolute atomic E-state index is 11.7. The van der Waals surface area contributed by atoms with Crippen molar-refractivity contribution in [2.45, 2.75) is 111 Å². The van der Waals surface area contributed by atoms with Crippen molar-refractivity contribution < 1.29 is 34.6 Å². The first-order valence-corrected chi connectivity index (χ1v) is 19.3. The average molecular weight is 867 g/mol. The van der Waals surface area contributed by atoms with Crippen LogP contribution in [-0.2, 0) is 30.3 Å². The van der Waals surface area contributed by atoms with Crippen molar-refractivity contribution in [2.24, 2.45) is 11.8 Å². The summed E-state index contributed by atoms with van der Waals surface area (Å²) in [7, 11) is 4.41. The third kappa shape index (κ3) is 8.17. The van der Waals surface area contributed by atoms with Crippen LogP contribution >= 0.6 is 11.3 Å². The van der Waals surface area contributed by atoms with Crippen molar-refractivity contribution in [3.05, 3.63) is 103 Å². The molecule has 3 nitrogen and oxygen atoms in total. The summed E-state index contributed by atoms with van der Waals surface area (Å²) in [6, 6.07) is 20.5. The summed E-state index contributed by atoms with van der Waals surface area (Å²) in [5.41, 5.74) is 6.33. The second kappa shape index (κ2) is 16.9. The van der Waals surface area contributed by atoms with E-state index in [0.717, 1.165) is 37.2 Å². The normalized spacial score (nSPS) is 14.1. The molecule has 50 heavy (non-hydrogen) atoms. The van der Waals surface area contributed by atoms with Crippen LogP contribution < -0.4 is 4.57 Å². The van der Waals surface area contributed by atoms with Gasteiger partial charge in [0.1, 0.15) is 0 Å². The van der Waals surface area contributed by atoms with Gasteiger partial charge in [0.25, 0.3) is 0 Å². The van der Waals surface area contributed by atoms with Crippen LogP contribution in [0.25, 0.3) is 42.2 Å². The summed E-state index contributed by atoms with van der Waals surface area (Å²) in [6.45, 7) is 19.5. The number of nitrogens with zero attached hydrogens (tertiary/aromatic N) is 1. The van der Waals surface area contributed by atoms with Gasteiger partial charge in [0.2, 0.25) is 0 Å². The number of aliphatic hydroxyl groups excluding tert-OH is 1. The molecule has 0 saturated heterocycles. The summed E-state index contributed by atoms with van der Waals surface area (Å²) < 4.78 is 4.73. The molecule has 0 spiro atoms. The van der Waals surface area contributed by atoms with Crippen molar-refractivity contribution in [2.75, 3.05) is 0 Å².